The van der Waals surface area contributed by atoms with E-state index in [0.29, 0.717) is 6.54 Å². The van der Waals surface area contributed by atoms with E-state index < -0.39 is 17.5 Å². The first kappa shape index (κ1) is 10.9. The van der Waals surface area contributed by atoms with Gasteiger partial charge in [0.25, 0.3) is 5.91 Å². The molecule has 1 N–H and O–H groups in total. The Kier molecular flexibility index (Phi) is 3.41. The maximum absolute atomic E-state index is 13.1. The zero-order valence-electron chi connectivity index (χ0n) is 7.40. The smallest absolute Gasteiger partial charge is 0.254 e. The second kappa shape index (κ2) is 4.37. The summed E-state index contributed by atoms with van der Waals surface area (Å²) in [4.78, 5) is 11.2. The van der Waals surface area contributed by atoms with Gasteiger partial charge in [-0.15, -0.1) is 0 Å². The molecule has 1 amide bonds. The fraction of sp³-hybridized carbons (Fsp3) is 0.222. The number of hydrogen-bond acceptors (Lipinski definition) is 1. The van der Waals surface area contributed by atoms with Gasteiger partial charge in [-0.1, -0.05) is 11.6 Å². The van der Waals surface area contributed by atoms with Crippen molar-refractivity contribution in [2.45, 2.75) is 6.92 Å². The summed E-state index contributed by atoms with van der Waals surface area (Å²) in [6.45, 7) is 2.03. The molecular formula is C9H8ClF2NO. The fourth-order valence-electron chi connectivity index (χ4n) is 0.952. The van der Waals surface area contributed by atoms with Gasteiger partial charge in [0, 0.05) is 6.54 Å². The molecule has 1 aromatic carbocycles. The van der Waals surface area contributed by atoms with E-state index in [1.165, 1.54) is 0 Å². The molecule has 0 aliphatic heterocycles. The highest BCUT2D eigenvalue weighted by atomic mass is 35.5. The normalized spacial score (nSPS) is 10.0. The number of carbonyl (C=O) groups excluding carboxylic acids is 1. The van der Waals surface area contributed by atoms with Crippen molar-refractivity contribution in [1.29, 1.82) is 0 Å². The molecule has 0 bridgehead atoms. The molecule has 0 fully saturated rings. The van der Waals surface area contributed by atoms with Crippen molar-refractivity contribution in [3.05, 3.63) is 34.4 Å². The number of nitrogens with one attached hydrogen (secondary N) is 1. The van der Waals surface area contributed by atoms with Gasteiger partial charge < -0.3 is 5.32 Å². The van der Waals surface area contributed by atoms with Crippen LogP contribution in [0.4, 0.5) is 8.78 Å². The standard InChI is InChI=1S/C9H8ClF2NO/c1-2-13-9(14)5-3-8(12)6(10)4-7(5)11/h3-4H,2H2,1H3,(H,13,14). The number of amides is 1. The molecule has 0 aliphatic rings. The Hall–Kier alpha value is -1.16. The van der Waals surface area contributed by atoms with Crippen LogP contribution in [0.3, 0.4) is 0 Å². The van der Waals surface area contributed by atoms with E-state index in [4.69, 9.17) is 11.6 Å². The summed E-state index contributed by atoms with van der Waals surface area (Å²) < 4.78 is 26.0. The number of hydrogen-bond donors (Lipinski definition) is 1. The number of benzene rings is 1. The summed E-state index contributed by atoms with van der Waals surface area (Å²) in [5, 5.41) is 2.02. The van der Waals surface area contributed by atoms with E-state index in [0.717, 1.165) is 12.1 Å². The highest BCUT2D eigenvalue weighted by Crippen LogP contribution is 2.19. The third-order valence-electron chi connectivity index (χ3n) is 1.59. The Morgan fingerprint density at radius 1 is 1.43 bits per heavy atom. The summed E-state index contributed by atoms with van der Waals surface area (Å²) in [5.41, 5.74) is -0.339. The molecule has 0 unspecified atom stereocenters. The predicted octanol–water partition coefficient (Wildman–Crippen LogP) is 2.37. The molecule has 76 valence electrons. The van der Waals surface area contributed by atoms with Crippen molar-refractivity contribution in [3.8, 4) is 0 Å². The topological polar surface area (TPSA) is 29.1 Å². The van der Waals surface area contributed by atoms with E-state index in [2.05, 4.69) is 5.32 Å². The van der Waals surface area contributed by atoms with Crippen LogP contribution < -0.4 is 5.32 Å². The Morgan fingerprint density at radius 3 is 2.64 bits per heavy atom. The monoisotopic (exact) mass is 219 g/mol. The van der Waals surface area contributed by atoms with Crippen molar-refractivity contribution in [2.75, 3.05) is 6.54 Å². The maximum Gasteiger partial charge on any atom is 0.254 e. The lowest BCUT2D eigenvalue weighted by Crippen LogP contribution is -2.23. The largest absolute Gasteiger partial charge is 0.352 e. The SMILES string of the molecule is CCNC(=O)c1cc(F)c(Cl)cc1F. The minimum atomic E-state index is -0.831. The van der Waals surface area contributed by atoms with E-state index in [9.17, 15) is 13.6 Å². The minimum Gasteiger partial charge on any atom is -0.352 e. The summed E-state index contributed by atoms with van der Waals surface area (Å²) in [6, 6.07) is 1.56. The molecule has 0 saturated carbocycles. The van der Waals surface area contributed by atoms with E-state index >= 15 is 0 Å². The first-order valence-electron chi connectivity index (χ1n) is 3.99. The Bertz CT molecular complexity index is 368. The van der Waals surface area contributed by atoms with Crippen molar-refractivity contribution < 1.29 is 13.6 Å². The molecule has 14 heavy (non-hydrogen) atoms. The van der Waals surface area contributed by atoms with Crippen LogP contribution in [0.1, 0.15) is 17.3 Å². The second-order valence-corrected chi connectivity index (χ2v) is 3.01. The minimum absolute atomic E-state index is 0.337. The van der Waals surface area contributed by atoms with Gasteiger partial charge in [0.05, 0.1) is 10.6 Å². The van der Waals surface area contributed by atoms with Crippen LogP contribution in [-0.4, -0.2) is 12.5 Å². The Balaban J connectivity index is 3.09. The number of halogens is 3. The molecule has 1 rings (SSSR count). The Labute approximate surface area is 84.9 Å². The van der Waals surface area contributed by atoms with Crippen LogP contribution in [0, 0.1) is 11.6 Å². The van der Waals surface area contributed by atoms with Gasteiger partial charge in [0.15, 0.2) is 0 Å². The molecule has 2 nitrogen and oxygen atoms in total. The average molecular weight is 220 g/mol. The predicted molar refractivity (Wildman–Crippen MR) is 49.4 cm³/mol. The lowest BCUT2D eigenvalue weighted by atomic mass is 10.2. The zero-order chi connectivity index (χ0) is 10.7. The van der Waals surface area contributed by atoms with E-state index in [-0.39, 0.29) is 10.6 Å². The van der Waals surface area contributed by atoms with Crippen LogP contribution >= 0.6 is 11.6 Å². The van der Waals surface area contributed by atoms with Crippen molar-refractivity contribution in [1.82, 2.24) is 5.32 Å². The molecule has 0 heterocycles. The second-order valence-electron chi connectivity index (χ2n) is 2.61. The fourth-order valence-corrected chi connectivity index (χ4v) is 1.10. The third-order valence-corrected chi connectivity index (χ3v) is 1.88. The summed E-state index contributed by atoms with van der Waals surface area (Å²) in [6.07, 6.45) is 0. The average Bonchev–Trinajstić information content (AvgIpc) is 2.11. The molecule has 0 aromatic heterocycles. The van der Waals surface area contributed by atoms with E-state index in [1.807, 2.05) is 0 Å². The number of carbonyl (C=O) groups is 1. The molecule has 0 spiro atoms. The quantitative estimate of drug-likeness (QED) is 0.761. The van der Waals surface area contributed by atoms with Crippen LogP contribution in [0.15, 0.2) is 12.1 Å². The zero-order valence-corrected chi connectivity index (χ0v) is 8.16. The molecule has 0 aliphatic carbocycles. The van der Waals surface area contributed by atoms with Crippen LogP contribution in [-0.2, 0) is 0 Å². The molecule has 1 aromatic rings. The van der Waals surface area contributed by atoms with Gasteiger partial charge in [0.2, 0.25) is 0 Å². The van der Waals surface area contributed by atoms with Crippen molar-refractivity contribution in [3.63, 3.8) is 0 Å². The first-order chi connectivity index (χ1) is 6.56. The van der Waals surface area contributed by atoms with Gasteiger partial charge in [-0.05, 0) is 19.1 Å². The van der Waals surface area contributed by atoms with Gasteiger partial charge >= 0.3 is 0 Å². The van der Waals surface area contributed by atoms with Crippen LogP contribution in [0.5, 0.6) is 0 Å². The van der Waals surface area contributed by atoms with E-state index in [1.54, 1.807) is 6.92 Å². The highest BCUT2D eigenvalue weighted by molar-refractivity contribution is 6.30. The summed E-state index contributed by atoms with van der Waals surface area (Å²) in [7, 11) is 0. The number of rotatable bonds is 2. The third kappa shape index (κ3) is 2.20. The Morgan fingerprint density at radius 2 is 2.07 bits per heavy atom. The summed E-state index contributed by atoms with van der Waals surface area (Å²) in [5.74, 6) is -2.29. The van der Waals surface area contributed by atoms with Gasteiger partial charge in [-0.3, -0.25) is 4.79 Å². The van der Waals surface area contributed by atoms with Crippen LogP contribution in [0.2, 0.25) is 5.02 Å². The highest BCUT2D eigenvalue weighted by Gasteiger charge is 2.14. The molecule has 0 radical (unpaired) electrons. The first-order valence-corrected chi connectivity index (χ1v) is 4.36. The summed E-state index contributed by atoms with van der Waals surface area (Å²) >= 11 is 5.32. The lowest BCUT2D eigenvalue weighted by Gasteiger charge is -2.04. The lowest BCUT2D eigenvalue weighted by molar-refractivity contribution is 0.0951. The van der Waals surface area contributed by atoms with Gasteiger partial charge in [0.1, 0.15) is 11.6 Å². The van der Waals surface area contributed by atoms with Crippen molar-refractivity contribution >= 4 is 17.5 Å². The van der Waals surface area contributed by atoms with Crippen molar-refractivity contribution in [2.24, 2.45) is 0 Å². The molecule has 0 saturated heterocycles. The molecule has 0 atom stereocenters. The molecular weight excluding hydrogens is 212 g/mol. The maximum atomic E-state index is 13.1. The molecule has 5 heteroatoms. The van der Waals surface area contributed by atoms with Gasteiger partial charge in [-0.2, -0.15) is 0 Å². The van der Waals surface area contributed by atoms with Crippen LogP contribution in [0.25, 0.3) is 0 Å². The van der Waals surface area contributed by atoms with Gasteiger partial charge in [-0.25, -0.2) is 8.78 Å².